The van der Waals surface area contributed by atoms with Gasteiger partial charge in [0, 0.05) is 6.54 Å². The minimum Gasteiger partial charge on any atom is -0.481 e. The average molecular weight is 398 g/mol. The third-order valence-electron chi connectivity index (χ3n) is 3.29. The van der Waals surface area contributed by atoms with Gasteiger partial charge in [0.15, 0.2) is 0 Å². The minimum absolute atomic E-state index is 0.0455. The van der Waals surface area contributed by atoms with Crippen molar-refractivity contribution in [2.75, 3.05) is 19.8 Å². The Bertz CT molecular complexity index is 615. The third-order valence-corrected chi connectivity index (χ3v) is 7.31. The van der Waals surface area contributed by atoms with Gasteiger partial charge in [0.2, 0.25) is 0 Å². The highest BCUT2D eigenvalue weighted by Gasteiger charge is 2.43. The Labute approximate surface area is 135 Å². The van der Waals surface area contributed by atoms with Crippen LogP contribution in [0.4, 0.5) is 0 Å². The molecule has 2 unspecified atom stereocenters. The number of carbonyl (C=O) groups is 1. The summed E-state index contributed by atoms with van der Waals surface area (Å²) >= 11 is 4.36. The number of carboxylic acid groups (broad SMARTS) is 1. The molecule has 21 heavy (non-hydrogen) atoms. The monoisotopic (exact) mass is 397 g/mol. The second-order valence-corrected chi connectivity index (χ2v) is 9.30. The highest BCUT2D eigenvalue weighted by atomic mass is 79.9. The third kappa shape index (κ3) is 3.48. The number of sulfonamides is 1. The normalized spacial score (nSPS) is 22.8. The molecular formula is C12H16BrNO5S2. The van der Waals surface area contributed by atoms with E-state index >= 15 is 0 Å². The molecule has 0 aromatic carbocycles. The van der Waals surface area contributed by atoms with Crippen LogP contribution in [0.15, 0.2) is 20.1 Å². The zero-order valence-corrected chi connectivity index (χ0v) is 14.6. The quantitative estimate of drug-likeness (QED) is 0.793. The maximum atomic E-state index is 12.8. The maximum Gasteiger partial charge on any atom is 0.310 e. The van der Waals surface area contributed by atoms with E-state index in [4.69, 9.17) is 4.74 Å². The van der Waals surface area contributed by atoms with Crippen molar-refractivity contribution >= 4 is 43.3 Å². The second-order valence-electron chi connectivity index (χ2n) is 4.72. The van der Waals surface area contributed by atoms with Crippen molar-refractivity contribution in [3.05, 3.63) is 15.9 Å². The number of thiophene rings is 1. The van der Waals surface area contributed by atoms with Crippen LogP contribution in [0.1, 0.15) is 13.3 Å². The smallest absolute Gasteiger partial charge is 0.310 e. The Morgan fingerprint density at radius 2 is 2.24 bits per heavy atom. The average Bonchev–Trinajstić information content (AvgIpc) is 3.04. The van der Waals surface area contributed by atoms with Crippen LogP contribution in [0, 0.1) is 5.92 Å². The molecule has 1 saturated heterocycles. The zero-order chi connectivity index (χ0) is 15.6. The highest BCUT2D eigenvalue weighted by Crippen LogP contribution is 2.32. The molecule has 0 radical (unpaired) electrons. The lowest BCUT2D eigenvalue weighted by Crippen LogP contribution is -2.46. The first kappa shape index (κ1) is 16.9. The Kier molecular flexibility index (Phi) is 5.42. The van der Waals surface area contributed by atoms with Gasteiger partial charge in [-0.3, -0.25) is 4.79 Å². The standard InChI is InChI=1S/C12H16BrNO5S2/c1-2-5-14(9-7-19-6-8(9)12(15)16)21(17,18)11-4-3-10(13)20-11/h3-4,8-9H,2,5-7H2,1H3,(H,15,16). The molecule has 1 aliphatic rings. The van der Waals surface area contributed by atoms with Gasteiger partial charge < -0.3 is 9.84 Å². The van der Waals surface area contributed by atoms with Crippen molar-refractivity contribution in [2.24, 2.45) is 5.92 Å². The molecule has 2 heterocycles. The Hall–Kier alpha value is -0.480. The fourth-order valence-electron chi connectivity index (χ4n) is 2.30. The highest BCUT2D eigenvalue weighted by molar-refractivity contribution is 9.11. The second kappa shape index (κ2) is 6.74. The van der Waals surface area contributed by atoms with E-state index < -0.39 is 28.0 Å². The van der Waals surface area contributed by atoms with Gasteiger partial charge in [-0.05, 0) is 34.5 Å². The summed E-state index contributed by atoms with van der Waals surface area (Å²) in [5, 5.41) is 9.23. The Morgan fingerprint density at radius 3 is 2.76 bits per heavy atom. The van der Waals surface area contributed by atoms with Gasteiger partial charge in [0.05, 0.1) is 29.0 Å². The summed E-state index contributed by atoms with van der Waals surface area (Å²) < 4.78 is 32.9. The Morgan fingerprint density at radius 1 is 1.52 bits per heavy atom. The van der Waals surface area contributed by atoms with E-state index in [1.54, 1.807) is 6.07 Å². The molecule has 1 fully saturated rings. The number of halogens is 1. The number of aliphatic carboxylic acids is 1. The minimum atomic E-state index is -3.71. The van der Waals surface area contributed by atoms with Crippen molar-refractivity contribution in [3.8, 4) is 0 Å². The lowest BCUT2D eigenvalue weighted by atomic mass is 10.0. The van der Waals surface area contributed by atoms with Gasteiger partial charge >= 0.3 is 5.97 Å². The van der Waals surface area contributed by atoms with E-state index in [1.165, 1.54) is 10.4 Å². The maximum absolute atomic E-state index is 12.8. The van der Waals surface area contributed by atoms with Crippen LogP contribution in [0.3, 0.4) is 0 Å². The number of rotatable bonds is 6. The van der Waals surface area contributed by atoms with Crippen LogP contribution in [0.2, 0.25) is 0 Å². The molecule has 0 spiro atoms. The lowest BCUT2D eigenvalue weighted by molar-refractivity contribution is -0.142. The molecule has 1 aromatic heterocycles. The van der Waals surface area contributed by atoms with Crippen LogP contribution < -0.4 is 0 Å². The molecule has 9 heteroatoms. The van der Waals surface area contributed by atoms with Gasteiger partial charge in [0.1, 0.15) is 4.21 Å². The van der Waals surface area contributed by atoms with Gasteiger partial charge in [0.25, 0.3) is 10.0 Å². The van der Waals surface area contributed by atoms with Crippen molar-refractivity contribution in [1.82, 2.24) is 4.31 Å². The molecular weight excluding hydrogens is 382 g/mol. The summed E-state index contributed by atoms with van der Waals surface area (Å²) in [4.78, 5) is 11.3. The molecule has 0 aliphatic carbocycles. The number of nitrogens with zero attached hydrogens (tertiary/aromatic N) is 1. The molecule has 1 aromatic rings. The first-order valence-corrected chi connectivity index (χ1v) is 9.50. The number of carboxylic acids is 1. The van der Waals surface area contributed by atoms with Gasteiger partial charge in [-0.25, -0.2) is 8.42 Å². The van der Waals surface area contributed by atoms with E-state index in [0.717, 1.165) is 15.1 Å². The van der Waals surface area contributed by atoms with E-state index in [0.29, 0.717) is 6.42 Å². The summed E-state index contributed by atoms with van der Waals surface area (Å²) in [7, 11) is -3.71. The van der Waals surface area contributed by atoms with E-state index in [-0.39, 0.29) is 24.0 Å². The van der Waals surface area contributed by atoms with Gasteiger partial charge in [-0.1, -0.05) is 6.92 Å². The van der Waals surface area contributed by atoms with Crippen LogP contribution in [0.25, 0.3) is 0 Å². The summed E-state index contributed by atoms with van der Waals surface area (Å²) in [5.41, 5.74) is 0. The van der Waals surface area contributed by atoms with Crippen molar-refractivity contribution < 1.29 is 23.1 Å². The topological polar surface area (TPSA) is 83.9 Å². The number of ether oxygens (including phenoxy) is 1. The molecule has 0 amide bonds. The fraction of sp³-hybridized carbons (Fsp3) is 0.583. The molecule has 0 bridgehead atoms. The van der Waals surface area contributed by atoms with Crippen LogP contribution in [0.5, 0.6) is 0 Å². The molecule has 0 saturated carbocycles. The van der Waals surface area contributed by atoms with Crippen LogP contribution in [-0.4, -0.2) is 49.6 Å². The molecule has 6 nitrogen and oxygen atoms in total. The first-order chi connectivity index (χ1) is 9.87. The predicted octanol–water partition coefficient (Wildman–Crippen LogP) is 2.01. The zero-order valence-electron chi connectivity index (χ0n) is 11.4. The van der Waals surface area contributed by atoms with Gasteiger partial charge in [-0.15, -0.1) is 11.3 Å². The Balaban J connectivity index is 2.36. The summed E-state index contributed by atoms with van der Waals surface area (Å²) in [6, 6.07) is 2.54. The largest absolute Gasteiger partial charge is 0.481 e. The molecule has 2 rings (SSSR count). The van der Waals surface area contributed by atoms with E-state index in [9.17, 15) is 18.3 Å². The number of hydrogen-bond donors (Lipinski definition) is 1. The van der Waals surface area contributed by atoms with Gasteiger partial charge in [-0.2, -0.15) is 4.31 Å². The molecule has 1 N–H and O–H groups in total. The predicted molar refractivity (Wildman–Crippen MR) is 81.9 cm³/mol. The van der Waals surface area contributed by atoms with Crippen molar-refractivity contribution in [2.45, 2.75) is 23.6 Å². The number of hydrogen-bond acceptors (Lipinski definition) is 5. The van der Waals surface area contributed by atoms with Crippen molar-refractivity contribution in [1.29, 1.82) is 0 Å². The van der Waals surface area contributed by atoms with Crippen molar-refractivity contribution in [3.63, 3.8) is 0 Å². The summed E-state index contributed by atoms with van der Waals surface area (Å²) in [5.74, 6) is -1.85. The SMILES string of the molecule is CCCN(C1COCC1C(=O)O)S(=O)(=O)c1ccc(Br)s1. The molecule has 2 atom stereocenters. The lowest BCUT2D eigenvalue weighted by Gasteiger charge is -2.28. The van der Waals surface area contributed by atoms with Crippen LogP contribution in [-0.2, 0) is 19.6 Å². The van der Waals surface area contributed by atoms with Crippen LogP contribution >= 0.6 is 27.3 Å². The summed E-state index contributed by atoms with van der Waals surface area (Å²) in [6.45, 7) is 2.29. The molecule has 1 aliphatic heterocycles. The molecule has 118 valence electrons. The summed E-state index contributed by atoms with van der Waals surface area (Å²) in [6.07, 6.45) is 0.606. The fourth-order valence-corrected chi connectivity index (χ4v) is 6.18. The van der Waals surface area contributed by atoms with E-state index in [2.05, 4.69) is 15.9 Å². The van der Waals surface area contributed by atoms with E-state index in [1.807, 2.05) is 6.92 Å². The first-order valence-electron chi connectivity index (χ1n) is 6.45.